The summed E-state index contributed by atoms with van der Waals surface area (Å²) >= 11 is 0. The number of aryl methyl sites for hydroxylation is 1. The lowest BCUT2D eigenvalue weighted by atomic mass is 10.1. The molecule has 0 unspecified atom stereocenters. The van der Waals surface area contributed by atoms with Gasteiger partial charge in [0.15, 0.2) is 0 Å². The van der Waals surface area contributed by atoms with Crippen molar-refractivity contribution in [3.63, 3.8) is 0 Å². The Kier molecular flexibility index (Phi) is 8.03. The van der Waals surface area contributed by atoms with Gasteiger partial charge in [-0.25, -0.2) is 9.59 Å². The number of carboxylic acid groups (broad SMARTS) is 2. The van der Waals surface area contributed by atoms with Gasteiger partial charge in [0.1, 0.15) is 5.75 Å². The van der Waals surface area contributed by atoms with Crippen LogP contribution in [0, 0.1) is 13.8 Å². The summed E-state index contributed by atoms with van der Waals surface area (Å²) in [5.41, 5.74) is 5.51. The molecule has 2 aromatic rings. The Morgan fingerprint density at radius 2 is 1.59 bits per heavy atom. The quantitative estimate of drug-likeness (QED) is 0.763. The fourth-order valence-electron chi connectivity index (χ4n) is 3.25. The molecule has 0 radical (unpaired) electrons. The predicted octanol–water partition coefficient (Wildman–Crippen LogP) is 2.79. The first-order chi connectivity index (χ1) is 13.8. The first-order valence-corrected chi connectivity index (χ1v) is 9.44. The molecule has 0 bridgehead atoms. The fourth-order valence-corrected chi connectivity index (χ4v) is 3.25. The molecule has 0 aliphatic carbocycles. The zero-order valence-electron chi connectivity index (χ0n) is 17.1. The van der Waals surface area contributed by atoms with Crippen molar-refractivity contribution in [2.24, 2.45) is 0 Å². The van der Waals surface area contributed by atoms with Gasteiger partial charge >= 0.3 is 11.9 Å². The second-order valence-electron chi connectivity index (χ2n) is 6.94. The van der Waals surface area contributed by atoms with E-state index in [1.54, 1.807) is 7.11 Å². The molecular formula is C22H28N2O5. The number of piperazine rings is 1. The molecule has 1 aliphatic rings. The van der Waals surface area contributed by atoms with Gasteiger partial charge in [-0.1, -0.05) is 24.3 Å². The number of carbonyl (C=O) groups is 2. The molecule has 1 saturated heterocycles. The summed E-state index contributed by atoms with van der Waals surface area (Å²) in [7, 11) is 1.72. The maximum absolute atomic E-state index is 9.10. The Morgan fingerprint density at radius 3 is 2.17 bits per heavy atom. The van der Waals surface area contributed by atoms with E-state index in [9.17, 15) is 0 Å². The second-order valence-corrected chi connectivity index (χ2v) is 6.94. The minimum Gasteiger partial charge on any atom is -0.497 e. The van der Waals surface area contributed by atoms with Crippen LogP contribution in [0.25, 0.3) is 0 Å². The molecule has 0 atom stereocenters. The molecule has 1 aliphatic heterocycles. The molecule has 156 valence electrons. The summed E-state index contributed by atoms with van der Waals surface area (Å²) in [6.07, 6.45) is 0. The van der Waals surface area contributed by atoms with Gasteiger partial charge in [-0.2, -0.15) is 0 Å². The Bertz CT molecular complexity index is 833. The number of carboxylic acids is 2. The highest BCUT2D eigenvalue weighted by Gasteiger charge is 2.18. The Balaban J connectivity index is 0.000000438. The summed E-state index contributed by atoms with van der Waals surface area (Å²) in [5.74, 6) is -2.71. The number of methoxy groups -OCH3 is 1. The minimum atomic E-state index is -1.82. The number of hydrogen-bond acceptors (Lipinski definition) is 5. The van der Waals surface area contributed by atoms with E-state index in [1.165, 1.54) is 22.4 Å². The summed E-state index contributed by atoms with van der Waals surface area (Å²) in [6.45, 7) is 9.81. The predicted molar refractivity (Wildman–Crippen MR) is 112 cm³/mol. The SMILES string of the molecule is COc1cccc(CN2CCN(c3cccc(C)c3C)CC2)c1.O=C(O)C(=O)O. The lowest BCUT2D eigenvalue weighted by Gasteiger charge is -2.37. The molecular weight excluding hydrogens is 372 g/mol. The zero-order valence-corrected chi connectivity index (χ0v) is 17.1. The monoisotopic (exact) mass is 400 g/mol. The van der Waals surface area contributed by atoms with E-state index < -0.39 is 11.9 Å². The summed E-state index contributed by atoms with van der Waals surface area (Å²) in [4.78, 5) is 23.2. The van der Waals surface area contributed by atoms with Gasteiger partial charge in [-0.15, -0.1) is 0 Å². The number of ether oxygens (including phenoxy) is 1. The largest absolute Gasteiger partial charge is 0.497 e. The average Bonchev–Trinajstić information content (AvgIpc) is 2.71. The topological polar surface area (TPSA) is 90.3 Å². The van der Waals surface area contributed by atoms with Crippen LogP contribution < -0.4 is 9.64 Å². The lowest BCUT2D eigenvalue weighted by Crippen LogP contribution is -2.46. The standard InChI is InChI=1S/C20H26N2O.C2H2O4/c1-16-6-4-9-20(17(16)2)22-12-10-21(11-13-22)15-18-7-5-8-19(14-18)23-3;3-1(4)2(5)6/h4-9,14H,10-13,15H2,1-3H3;(H,3,4)(H,5,6). The third kappa shape index (κ3) is 6.50. The van der Waals surface area contributed by atoms with Crippen LogP contribution in [0.3, 0.4) is 0 Å². The number of anilines is 1. The normalized spacial score (nSPS) is 14.0. The Hall–Kier alpha value is -3.06. The molecule has 0 saturated carbocycles. The van der Waals surface area contributed by atoms with E-state index in [1.807, 2.05) is 6.07 Å². The minimum absolute atomic E-state index is 0.941. The molecule has 2 aromatic carbocycles. The third-order valence-corrected chi connectivity index (χ3v) is 5.01. The Labute approximate surface area is 171 Å². The van der Waals surface area contributed by atoms with Gasteiger partial charge < -0.3 is 19.8 Å². The molecule has 7 heteroatoms. The van der Waals surface area contributed by atoms with Gasteiger partial charge in [-0.3, -0.25) is 4.90 Å². The maximum atomic E-state index is 9.10. The van der Waals surface area contributed by atoms with Crippen molar-refractivity contribution in [2.75, 3.05) is 38.2 Å². The highest BCUT2D eigenvalue weighted by molar-refractivity contribution is 6.27. The van der Waals surface area contributed by atoms with Gasteiger partial charge in [-0.05, 0) is 48.7 Å². The zero-order chi connectivity index (χ0) is 21.4. The van der Waals surface area contributed by atoms with E-state index in [0.29, 0.717) is 0 Å². The first-order valence-electron chi connectivity index (χ1n) is 9.44. The van der Waals surface area contributed by atoms with Crippen LogP contribution in [-0.2, 0) is 16.1 Å². The second kappa shape index (κ2) is 10.5. The maximum Gasteiger partial charge on any atom is 0.414 e. The molecule has 2 N–H and O–H groups in total. The molecule has 0 aromatic heterocycles. The number of nitrogens with zero attached hydrogens (tertiary/aromatic N) is 2. The van der Waals surface area contributed by atoms with Crippen LogP contribution in [0.4, 0.5) is 5.69 Å². The first kappa shape index (κ1) is 22.2. The number of benzene rings is 2. The van der Waals surface area contributed by atoms with E-state index in [0.717, 1.165) is 38.5 Å². The molecule has 1 fully saturated rings. The molecule has 3 rings (SSSR count). The van der Waals surface area contributed by atoms with Gasteiger partial charge in [0.25, 0.3) is 0 Å². The summed E-state index contributed by atoms with van der Waals surface area (Å²) in [6, 6.07) is 15.0. The van der Waals surface area contributed by atoms with Crippen molar-refractivity contribution in [3.8, 4) is 5.75 Å². The van der Waals surface area contributed by atoms with E-state index in [-0.39, 0.29) is 0 Å². The van der Waals surface area contributed by atoms with Gasteiger partial charge in [0, 0.05) is 38.4 Å². The molecule has 7 nitrogen and oxygen atoms in total. The molecule has 0 spiro atoms. The van der Waals surface area contributed by atoms with Gasteiger partial charge in [0.05, 0.1) is 7.11 Å². The number of rotatable bonds is 4. The molecule has 1 heterocycles. The number of hydrogen-bond donors (Lipinski definition) is 2. The van der Waals surface area contributed by atoms with Crippen LogP contribution in [0.1, 0.15) is 16.7 Å². The lowest BCUT2D eigenvalue weighted by molar-refractivity contribution is -0.159. The van der Waals surface area contributed by atoms with Crippen LogP contribution in [0.2, 0.25) is 0 Å². The van der Waals surface area contributed by atoms with E-state index in [2.05, 4.69) is 60.0 Å². The van der Waals surface area contributed by atoms with Crippen molar-refractivity contribution in [1.29, 1.82) is 0 Å². The fraction of sp³-hybridized carbons (Fsp3) is 0.364. The van der Waals surface area contributed by atoms with Crippen LogP contribution >= 0.6 is 0 Å². The molecule has 0 amide bonds. The highest BCUT2D eigenvalue weighted by atomic mass is 16.5. The van der Waals surface area contributed by atoms with Crippen molar-refractivity contribution < 1.29 is 24.5 Å². The third-order valence-electron chi connectivity index (χ3n) is 5.01. The van der Waals surface area contributed by atoms with Crippen molar-refractivity contribution in [2.45, 2.75) is 20.4 Å². The van der Waals surface area contributed by atoms with E-state index >= 15 is 0 Å². The van der Waals surface area contributed by atoms with Crippen LogP contribution in [-0.4, -0.2) is 60.3 Å². The summed E-state index contributed by atoms with van der Waals surface area (Å²) in [5, 5.41) is 14.8. The highest BCUT2D eigenvalue weighted by Crippen LogP contribution is 2.24. The smallest absolute Gasteiger partial charge is 0.414 e. The summed E-state index contributed by atoms with van der Waals surface area (Å²) < 4.78 is 5.32. The average molecular weight is 400 g/mol. The van der Waals surface area contributed by atoms with Crippen LogP contribution in [0.15, 0.2) is 42.5 Å². The number of aliphatic carboxylic acids is 2. The van der Waals surface area contributed by atoms with Crippen molar-refractivity contribution in [3.05, 3.63) is 59.2 Å². The van der Waals surface area contributed by atoms with Crippen molar-refractivity contribution >= 4 is 17.6 Å². The Morgan fingerprint density at radius 1 is 0.966 bits per heavy atom. The molecule has 29 heavy (non-hydrogen) atoms. The van der Waals surface area contributed by atoms with Crippen LogP contribution in [0.5, 0.6) is 5.75 Å². The van der Waals surface area contributed by atoms with Crippen molar-refractivity contribution in [1.82, 2.24) is 4.90 Å². The van der Waals surface area contributed by atoms with Gasteiger partial charge in [0.2, 0.25) is 0 Å². The van der Waals surface area contributed by atoms with E-state index in [4.69, 9.17) is 24.5 Å².